The van der Waals surface area contributed by atoms with E-state index < -0.39 is 39.9 Å². The molecule has 3 rings (SSSR count). The van der Waals surface area contributed by atoms with E-state index in [-0.39, 0.29) is 36.1 Å². The summed E-state index contributed by atoms with van der Waals surface area (Å²) in [5, 5.41) is 2.93. The molecule has 0 aliphatic heterocycles. The van der Waals surface area contributed by atoms with Gasteiger partial charge in [0.15, 0.2) is 0 Å². The van der Waals surface area contributed by atoms with E-state index in [9.17, 15) is 22.4 Å². The summed E-state index contributed by atoms with van der Waals surface area (Å²) in [5.41, 5.74) is 0.221. The van der Waals surface area contributed by atoms with Gasteiger partial charge in [-0.05, 0) is 94.5 Å². The number of para-hydroxylation sites is 2. The Kier molecular flexibility index (Phi) is 11.6. The van der Waals surface area contributed by atoms with Crippen molar-refractivity contribution < 1.29 is 27.1 Å². The maximum Gasteiger partial charge on any atom is 0.264 e. The number of halogens is 1. The smallest absolute Gasteiger partial charge is 0.264 e. The summed E-state index contributed by atoms with van der Waals surface area (Å²) in [6.45, 7) is 8.73. The summed E-state index contributed by atoms with van der Waals surface area (Å²) in [6, 6.07) is 17.8. The number of nitrogens with zero attached hydrogens (tertiary/aromatic N) is 2. The lowest BCUT2D eigenvalue weighted by molar-refractivity contribution is -0.141. The Bertz CT molecular complexity index is 1490. The van der Waals surface area contributed by atoms with Crippen LogP contribution in [-0.2, 0) is 26.2 Å². The van der Waals surface area contributed by atoms with Crippen LogP contribution >= 0.6 is 11.8 Å². The first kappa shape index (κ1) is 33.9. The van der Waals surface area contributed by atoms with Gasteiger partial charge in [0.1, 0.15) is 24.2 Å². The van der Waals surface area contributed by atoms with E-state index in [1.807, 2.05) is 27.0 Å². The third-order valence-electron chi connectivity index (χ3n) is 6.51. The molecule has 0 bridgehead atoms. The van der Waals surface area contributed by atoms with Crippen molar-refractivity contribution in [3.8, 4) is 5.75 Å². The minimum absolute atomic E-state index is 0.00648. The summed E-state index contributed by atoms with van der Waals surface area (Å²) >= 11 is 1.48. The van der Waals surface area contributed by atoms with Crippen LogP contribution in [0.4, 0.5) is 10.1 Å². The summed E-state index contributed by atoms with van der Waals surface area (Å²) < 4.78 is 48.8. The highest BCUT2D eigenvalue weighted by Gasteiger charge is 2.35. The van der Waals surface area contributed by atoms with E-state index in [4.69, 9.17) is 4.74 Å². The highest BCUT2D eigenvalue weighted by Crippen LogP contribution is 2.33. The molecule has 1 atom stereocenters. The minimum atomic E-state index is -4.26. The van der Waals surface area contributed by atoms with Crippen molar-refractivity contribution >= 4 is 39.3 Å². The van der Waals surface area contributed by atoms with Crippen LogP contribution in [0.1, 0.15) is 46.6 Å². The second-order valence-corrected chi connectivity index (χ2v) is 13.6. The van der Waals surface area contributed by atoms with Crippen molar-refractivity contribution in [2.45, 2.75) is 69.0 Å². The van der Waals surface area contributed by atoms with Gasteiger partial charge in [-0.15, -0.1) is 11.8 Å². The average molecular weight is 630 g/mol. The number of rotatable bonds is 13. The topological polar surface area (TPSA) is 96.0 Å². The van der Waals surface area contributed by atoms with E-state index >= 15 is 0 Å². The van der Waals surface area contributed by atoms with Gasteiger partial charge in [-0.1, -0.05) is 31.2 Å². The summed E-state index contributed by atoms with van der Waals surface area (Å²) in [4.78, 5) is 29.9. The minimum Gasteiger partial charge on any atom is -0.492 e. The standard InChI is InChI=1S/C32H40FN3O5S2/c1-7-27(31(38)34-32(3,4)5)35(21-23-13-15-24(33)16-14-23)30(37)22-36(28-11-9-10-12-29(28)41-8-2)43(39,40)26-19-17-25(42-6)18-20-26/h9-20,27H,7-8,21-22H2,1-6H3,(H,34,38)/t27-/m1/s1. The van der Waals surface area contributed by atoms with Crippen LogP contribution in [0.2, 0.25) is 0 Å². The molecule has 2 amide bonds. The molecule has 0 saturated heterocycles. The number of thioether (sulfide) groups is 1. The second-order valence-electron chi connectivity index (χ2n) is 10.9. The average Bonchev–Trinajstić information content (AvgIpc) is 2.96. The number of amides is 2. The molecule has 1 N–H and O–H groups in total. The van der Waals surface area contributed by atoms with E-state index in [1.54, 1.807) is 50.2 Å². The highest BCUT2D eigenvalue weighted by atomic mass is 32.2. The number of carbonyl (C=O) groups excluding carboxylic acids is 2. The normalized spacial score (nSPS) is 12.3. The van der Waals surface area contributed by atoms with Crippen LogP contribution in [-0.4, -0.2) is 56.1 Å². The SMILES string of the molecule is CCOc1ccccc1N(CC(=O)N(Cc1ccc(F)cc1)[C@H](CC)C(=O)NC(C)(C)C)S(=O)(=O)c1ccc(SC)cc1. The Balaban J connectivity index is 2.12. The molecule has 0 aliphatic carbocycles. The molecule has 0 heterocycles. The zero-order valence-corrected chi connectivity index (χ0v) is 27.1. The zero-order valence-electron chi connectivity index (χ0n) is 25.5. The number of nitrogens with one attached hydrogen (secondary N) is 1. The highest BCUT2D eigenvalue weighted by molar-refractivity contribution is 7.98. The lowest BCUT2D eigenvalue weighted by Gasteiger charge is -2.35. The van der Waals surface area contributed by atoms with Crippen molar-refractivity contribution in [2.75, 3.05) is 23.7 Å². The fourth-order valence-electron chi connectivity index (χ4n) is 4.49. The number of carbonyl (C=O) groups is 2. The first-order valence-corrected chi connectivity index (χ1v) is 16.7. The molecule has 0 saturated carbocycles. The predicted octanol–water partition coefficient (Wildman–Crippen LogP) is 5.86. The number of hydrogen-bond acceptors (Lipinski definition) is 6. The third-order valence-corrected chi connectivity index (χ3v) is 9.03. The van der Waals surface area contributed by atoms with Gasteiger partial charge in [-0.2, -0.15) is 0 Å². The molecule has 0 radical (unpaired) electrons. The molecule has 43 heavy (non-hydrogen) atoms. The van der Waals surface area contributed by atoms with E-state index in [2.05, 4.69) is 5.32 Å². The van der Waals surface area contributed by atoms with Gasteiger partial charge in [0.25, 0.3) is 10.0 Å². The molecule has 0 aromatic heterocycles. The van der Waals surface area contributed by atoms with Crippen LogP contribution in [0.5, 0.6) is 5.75 Å². The van der Waals surface area contributed by atoms with E-state index in [0.717, 1.165) is 9.20 Å². The van der Waals surface area contributed by atoms with Gasteiger partial charge >= 0.3 is 0 Å². The molecule has 0 fully saturated rings. The van der Waals surface area contributed by atoms with Crippen LogP contribution in [0.15, 0.2) is 82.6 Å². The lowest BCUT2D eigenvalue weighted by Crippen LogP contribution is -2.55. The van der Waals surface area contributed by atoms with Crippen molar-refractivity contribution in [3.63, 3.8) is 0 Å². The molecule has 11 heteroatoms. The molecule has 3 aromatic rings. The van der Waals surface area contributed by atoms with E-state index in [0.29, 0.717) is 11.3 Å². The Hall–Kier alpha value is -3.57. The Labute approximate surface area is 258 Å². The molecular formula is C32H40FN3O5S2. The first-order chi connectivity index (χ1) is 20.3. The summed E-state index contributed by atoms with van der Waals surface area (Å²) in [5.74, 6) is -1.11. The first-order valence-electron chi connectivity index (χ1n) is 14.0. The largest absolute Gasteiger partial charge is 0.492 e. The fourth-order valence-corrected chi connectivity index (χ4v) is 6.32. The van der Waals surface area contributed by atoms with Gasteiger partial charge < -0.3 is 15.0 Å². The third kappa shape index (κ3) is 8.96. The summed E-state index contributed by atoms with van der Waals surface area (Å²) in [6.07, 6.45) is 2.16. The van der Waals surface area contributed by atoms with Crippen LogP contribution in [0, 0.1) is 5.82 Å². The molecule has 0 aliphatic rings. The predicted molar refractivity (Wildman–Crippen MR) is 169 cm³/mol. The number of ether oxygens (including phenoxy) is 1. The number of anilines is 1. The van der Waals surface area contributed by atoms with Gasteiger partial charge in [0.05, 0.1) is 17.2 Å². The van der Waals surface area contributed by atoms with Gasteiger partial charge in [0, 0.05) is 17.0 Å². The maximum atomic E-state index is 14.2. The number of hydrogen-bond donors (Lipinski definition) is 1. The molecular weight excluding hydrogens is 590 g/mol. The number of sulfonamides is 1. The van der Waals surface area contributed by atoms with Crippen LogP contribution in [0.25, 0.3) is 0 Å². The second kappa shape index (κ2) is 14.7. The fraction of sp³-hybridized carbons (Fsp3) is 0.375. The quantitative estimate of drug-likeness (QED) is 0.238. The Morgan fingerprint density at radius 2 is 1.60 bits per heavy atom. The van der Waals surface area contributed by atoms with Crippen LogP contribution in [0.3, 0.4) is 0 Å². The number of benzene rings is 3. The van der Waals surface area contributed by atoms with Gasteiger partial charge in [-0.25, -0.2) is 12.8 Å². The molecule has 232 valence electrons. The molecule has 3 aromatic carbocycles. The monoisotopic (exact) mass is 629 g/mol. The van der Waals surface area contributed by atoms with Gasteiger partial charge in [0.2, 0.25) is 11.8 Å². The van der Waals surface area contributed by atoms with Crippen LogP contribution < -0.4 is 14.4 Å². The Morgan fingerprint density at radius 3 is 2.16 bits per heavy atom. The van der Waals surface area contributed by atoms with Crippen molar-refractivity contribution in [1.29, 1.82) is 0 Å². The Morgan fingerprint density at radius 1 is 0.977 bits per heavy atom. The maximum absolute atomic E-state index is 14.2. The van der Waals surface area contributed by atoms with Gasteiger partial charge in [-0.3, -0.25) is 13.9 Å². The zero-order chi connectivity index (χ0) is 31.8. The summed E-state index contributed by atoms with van der Waals surface area (Å²) in [7, 11) is -4.26. The lowest BCUT2D eigenvalue weighted by atomic mass is 10.1. The molecule has 8 nitrogen and oxygen atoms in total. The van der Waals surface area contributed by atoms with Crippen molar-refractivity contribution in [2.24, 2.45) is 0 Å². The van der Waals surface area contributed by atoms with Crippen molar-refractivity contribution in [3.05, 3.63) is 84.2 Å². The molecule has 0 spiro atoms. The van der Waals surface area contributed by atoms with E-state index in [1.165, 1.54) is 53.1 Å². The molecule has 0 unspecified atom stereocenters. The van der Waals surface area contributed by atoms with Crippen molar-refractivity contribution in [1.82, 2.24) is 10.2 Å².